The average molecular weight is 254 g/mol. The van der Waals surface area contributed by atoms with Crippen molar-refractivity contribution in [1.82, 2.24) is 4.90 Å². The molecular formula is C15H30N2O. The van der Waals surface area contributed by atoms with Gasteiger partial charge in [0.1, 0.15) is 0 Å². The molecule has 0 aromatic carbocycles. The van der Waals surface area contributed by atoms with Crippen molar-refractivity contribution in [3.8, 4) is 0 Å². The number of fused-ring (bicyclic) bond motifs is 1. The van der Waals surface area contributed by atoms with Crippen LogP contribution in [0.15, 0.2) is 0 Å². The highest BCUT2D eigenvalue weighted by molar-refractivity contribution is 4.90. The molecule has 3 unspecified atom stereocenters. The molecule has 1 heterocycles. The van der Waals surface area contributed by atoms with E-state index in [1.807, 2.05) is 0 Å². The van der Waals surface area contributed by atoms with Crippen LogP contribution < -0.4 is 5.73 Å². The largest absolute Gasteiger partial charge is 0.375 e. The van der Waals surface area contributed by atoms with Gasteiger partial charge >= 0.3 is 0 Å². The van der Waals surface area contributed by atoms with Crippen molar-refractivity contribution in [3.63, 3.8) is 0 Å². The Morgan fingerprint density at radius 2 is 2.11 bits per heavy atom. The molecule has 2 rings (SSSR count). The standard InChI is InChI=1S/C15H30N2O/c1-2-3-4-7-13(12-16)17-10-11-18-15-9-6-5-8-14(15)17/h13-15H,2-12,16H2,1H3. The van der Waals surface area contributed by atoms with Crippen LogP contribution in [0.4, 0.5) is 0 Å². The van der Waals surface area contributed by atoms with Gasteiger partial charge in [-0.05, 0) is 19.3 Å². The molecule has 1 saturated carbocycles. The molecule has 0 bridgehead atoms. The Hall–Kier alpha value is -0.120. The second-order valence-electron chi connectivity index (χ2n) is 5.88. The van der Waals surface area contributed by atoms with Crippen LogP contribution in [0.1, 0.15) is 58.3 Å². The predicted octanol–water partition coefficient (Wildman–Crippen LogP) is 2.54. The number of hydrogen-bond donors (Lipinski definition) is 1. The zero-order valence-corrected chi connectivity index (χ0v) is 11.9. The van der Waals surface area contributed by atoms with Gasteiger partial charge in [0.05, 0.1) is 12.7 Å². The molecule has 3 nitrogen and oxygen atoms in total. The van der Waals surface area contributed by atoms with Crippen molar-refractivity contribution >= 4 is 0 Å². The summed E-state index contributed by atoms with van der Waals surface area (Å²) in [6.45, 7) is 5.08. The van der Waals surface area contributed by atoms with Crippen molar-refractivity contribution in [1.29, 1.82) is 0 Å². The van der Waals surface area contributed by atoms with Crippen LogP contribution in [-0.2, 0) is 4.74 Å². The summed E-state index contributed by atoms with van der Waals surface area (Å²) < 4.78 is 5.95. The molecule has 3 heteroatoms. The molecule has 3 atom stereocenters. The number of nitrogens with two attached hydrogens (primary N) is 1. The van der Waals surface area contributed by atoms with Crippen molar-refractivity contribution in [3.05, 3.63) is 0 Å². The summed E-state index contributed by atoms with van der Waals surface area (Å²) >= 11 is 0. The molecule has 0 aromatic rings. The molecule has 2 aliphatic rings. The third kappa shape index (κ3) is 3.46. The molecule has 0 radical (unpaired) electrons. The maximum absolute atomic E-state index is 6.03. The van der Waals surface area contributed by atoms with Gasteiger partial charge in [0, 0.05) is 25.2 Å². The summed E-state index contributed by atoms with van der Waals surface area (Å²) in [6, 6.07) is 1.24. The van der Waals surface area contributed by atoms with Gasteiger partial charge in [-0.25, -0.2) is 0 Å². The maximum Gasteiger partial charge on any atom is 0.0731 e. The van der Waals surface area contributed by atoms with E-state index in [0.29, 0.717) is 18.2 Å². The lowest BCUT2D eigenvalue weighted by Gasteiger charge is -2.47. The van der Waals surface area contributed by atoms with Gasteiger partial charge in [0.2, 0.25) is 0 Å². The molecule has 1 aliphatic heterocycles. The van der Waals surface area contributed by atoms with Crippen LogP contribution in [0.2, 0.25) is 0 Å². The second-order valence-corrected chi connectivity index (χ2v) is 5.88. The summed E-state index contributed by atoms with van der Waals surface area (Å²) in [5, 5.41) is 0. The Labute approximate surface area is 112 Å². The average Bonchev–Trinajstić information content (AvgIpc) is 2.43. The van der Waals surface area contributed by atoms with Crippen LogP contribution >= 0.6 is 0 Å². The minimum absolute atomic E-state index is 0.493. The van der Waals surface area contributed by atoms with Crippen LogP contribution in [-0.4, -0.2) is 42.8 Å². The van der Waals surface area contributed by atoms with E-state index < -0.39 is 0 Å². The molecule has 0 amide bonds. The van der Waals surface area contributed by atoms with Gasteiger partial charge in [-0.2, -0.15) is 0 Å². The Morgan fingerprint density at radius 3 is 2.89 bits per heavy atom. The van der Waals surface area contributed by atoms with E-state index >= 15 is 0 Å². The number of unbranched alkanes of at least 4 members (excludes halogenated alkanes) is 2. The summed E-state index contributed by atoms with van der Waals surface area (Å²) in [4.78, 5) is 2.68. The van der Waals surface area contributed by atoms with Gasteiger partial charge < -0.3 is 10.5 Å². The highest BCUT2D eigenvalue weighted by Gasteiger charge is 2.36. The lowest BCUT2D eigenvalue weighted by Crippen LogP contribution is -2.57. The molecule has 1 saturated heterocycles. The molecular weight excluding hydrogens is 224 g/mol. The molecule has 0 spiro atoms. The fourth-order valence-electron chi connectivity index (χ4n) is 3.63. The zero-order valence-electron chi connectivity index (χ0n) is 11.9. The number of nitrogens with zero attached hydrogens (tertiary/aromatic N) is 1. The molecule has 106 valence electrons. The van der Waals surface area contributed by atoms with E-state index in [9.17, 15) is 0 Å². The SMILES string of the molecule is CCCCCC(CN)N1CCOC2CCCCC21. The number of rotatable bonds is 6. The Morgan fingerprint density at radius 1 is 1.28 bits per heavy atom. The smallest absolute Gasteiger partial charge is 0.0731 e. The quantitative estimate of drug-likeness (QED) is 0.740. The topological polar surface area (TPSA) is 38.5 Å². The first-order chi connectivity index (χ1) is 8.86. The Kier molecular flexibility index (Phi) is 5.93. The van der Waals surface area contributed by atoms with Crippen molar-refractivity contribution in [2.24, 2.45) is 5.73 Å². The van der Waals surface area contributed by atoms with Gasteiger partial charge in [-0.15, -0.1) is 0 Å². The fraction of sp³-hybridized carbons (Fsp3) is 1.00. The minimum atomic E-state index is 0.493. The van der Waals surface area contributed by atoms with Gasteiger partial charge in [0.25, 0.3) is 0 Å². The highest BCUT2D eigenvalue weighted by Crippen LogP contribution is 2.30. The van der Waals surface area contributed by atoms with E-state index in [1.165, 1.54) is 51.4 Å². The summed E-state index contributed by atoms with van der Waals surface area (Å²) in [5.74, 6) is 0. The summed E-state index contributed by atoms with van der Waals surface area (Å²) in [7, 11) is 0. The molecule has 18 heavy (non-hydrogen) atoms. The predicted molar refractivity (Wildman–Crippen MR) is 75.7 cm³/mol. The Balaban J connectivity index is 1.90. The van der Waals surface area contributed by atoms with E-state index in [-0.39, 0.29) is 0 Å². The lowest BCUT2D eigenvalue weighted by atomic mass is 9.88. The van der Waals surface area contributed by atoms with E-state index in [4.69, 9.17) is 10.5 Å². The van der Waals surface area contributed by atoms with Gasteiger partial charge in [-0.1, -0.05) is 39.0 Å². The van der Waals surface area contributed by atoms with Crippen molar-refractivity contribution in [2.45, 2.75) is 76.5 Å². The fourth-order valence-corrected chi connectivity index (χ4v) is 3.63. The monoisotopic (exact) mass is 254 g/mol. The first-order valence-electron chi connectivity index (χ1n) is 7.94. The zero-order chi connectivity index (χ0) is 12.8. The van der Waals surface area contributed by atoms with Crippen molar-refractivity contribution in [2.75, 3.05) is 19.7 Å². The van der Waals surface area contributed by atoms with Crippen LogP contribution in [0.3, 0.4) is 0 Å². The summed E-state index contributed by atoms with van der Waals surface area (Å²) in [6.07, 6.45) is 11.0. The molecule has 2 N–H and O–H groups in total. The summed E-state index contributed by atoms with van der Waals surface area (Å²) in [5.41, 5.74) is 6.03. The van der Waals surface area contributed by atoms with E-state index in [0.717, 1.165) is 19.7 Å². The van der Waals surface area contributed by atoms with Crippen LogP contribution in [0.25, 0.3) is 0 Å². The third-order valence-electron chi connectivity index (χ3n) is 4.66. The lowest BCUT2D eigenvalue weighted by molar-refractivity contribution is -0.102. The molecule has 1 aliphatic carbocycles. The molecule has 2 fully saturated rings. The number of ether oxygens (including phenoxy) is 1. The van der Waals surface area contributed by atoms with Crippen LogP contribution in [0.5, 0.6) is 0 Å². The van der Waals surface area contributed by atoms with Crippen LogP contribution in [0, 0.1) is 0 Å². The van der Waals surface area contributed by atoms with Gasteiger partial charge in [0.15, 0.2) is 0 Å². The second kappa shape index (κ2) is 7.46. The molecule has 0 aromatic heterocycles. The van der Waals surface area contributed by atoms with Crippen molar-refractivity contribution < 1.29 is 4.74 Å². The van der Waals surface area contributed by atoms with E-state index in [1.54, 1.807) is 0 Å². The Bertz CT molecular complexity index is 233. The highest BCUT2D eigenvalue weighted by atomic mass is 16.5. The third-order valence-corrected chi connectivity index (χ3v) is 4.66. The normalized spacial score (nSPS) is 31.0. The number of hydrogen-bond acceptors (Lipinski definition) is 3. The minimum Gasteiger partial charge on any atom is -0.375 e. The maximum atomic E-state index is 6.03. The first-order valence-corrected chi connectivity index (χ1v) is 7.94. The van der Waals surface area contributed by atoms with E-state index in [2.05, 4.69) is 11.8 Å². The first kappa shape index (κ1) is 14.3. The number of morpholine rings is 1. The van der Waals surface area contributed by atoms with Gasteiger partial charge in [-0.3, -0.25) is 4.90 Å².